The second kappa shape index (κ2) is 6.82. The number of benzene rings is 1. The molecule has 0 radical (unpaired) electrons. The van der Waals surface area contributed by atoms with Gasteiger partial charge in [-0.2, -0.15) is 0 Å². The number of hydrogen-bond acceptors (Lipinski definition) is 2. The van der Waals surface area contributed by atoms with Crippen molar-refractivity contribution < 1.29 is 9.90 Å². The van der Waals surface area contributed by atoms with Crippen molar-refractivity contribution in [3.05, 3.63) is 34.9 Å². The van der Waals surface area contributed by atoms with Crippen LogP contribution in [-0.4, -0.2) is 35.1 Å². The Morgan fingerprint density at radius 2 is 2.17 bits per heavy atom. The van der Waals surface area contributed by atoms with Crippen LogP contribution >= 0.6 is 11.6 Å². The first-order valence-corrected chi connectivity index (χ1v) is 9.10. The summed E-state index contributed by atoms with van der Waals surface area (Å²) in [7, 11) is 0. The van der Waals surface area contributed by atoms with E-state index in [1.54, 1.807) is 0 Å². The molecule has 3 nitrogen and oxygen atoms in total. The highest BCUT2D eigenvalue weighted by atomic mass is 35.5. The number of hydrogen-bond donors (Lipinski definition) is 1. The number of aliphatic hydroxyl groups excluding tert-OH is 1. The molecule has 0 bridgehead atoms. The Hall–Kier alpha value is -1.06. The molecule has 1 aliphatic carbocycles. The summed E-state index contributed by atoms with van der Waals surface area (Å²) >= 11 is 6.11. The SMILES string of the molecule is CC(O)C1CCN(C(=O)C2(Cc3cccc(Cl)c3)CCCC2)C1. The molecule has 1 aromatic carbocycles. The first-order chi connectivity index (χ1) is 11.0. The summed E-state index contributed by atoms with van der Waals surface area (Å²) in [5.74, 6) is 0.515. The lowest BCUT2D eigenvalue weighted by Crippen LogP contribution is -2.43. The van der Waals surface area contributed by atoms with Gasteiger partial charge in [0.1, 0.15) is 0 Å². The lowest BCUT2D eigenvalue weighted by molar-refractivity contribution is -0.141. The summed E-state index contributed by atoms with van der Waals surface area (Å²) in [6.45, 7) is 3.31. The van der Waals surface area contributed by atoms with Crippen molar-refractivity contribution in [2.24, 2.45) is 11.3 Å². The minimum absolute atomic E-state index is 0.226. The van der Waals surface area contributed by atoms with E-state index in [2.05, 4.69) is 6.07 Å². The van der Waals surface area contributed by atoms with Crippen molar-refractivity contribution in [1.82, 2.24) is 4.90 Å². The largest absolute Gasteiger partial charge is 0.393 e. The first kappa shape index (κ1) is 16.8. The zero-order valence-electron chi connectivity index (χ0n) is 13.8. The molecule has 0 aromatic heterocycles. The molecule has 1 aliphatic heterocycles. The van der Waals surface area contributed by atoms with Gasteiger partial charge in [-0.1, -0.05) is 36.6 Å². The smallest absolute Gasteiger partial charge is 0.229 e. The summed E-state index contributed by atoms with van der Waals surface area (Å²) in [5, 5.41) is 10.5. The van der Waals surface area contributed by atoms with Crippen molar-refractivity contribution in [2.45, 2.75) is 51.6 Å². The maximum Gasteiger partial charge on any atom is 0.229 e. The maximum absolute atomic E-state index is 13.2. The minimum atomic E-state index is -0.333. The summed E-state index contributed by atoms with van der Waals surface area (Å²) in [6, 6.07) is 7.89. The topological polar surface area (TPSA) is 40.5 Å². The monoisotopic (exact) mass is 335 g/mol. The Kier molecular flexibility index (Phi) is 4.98. The summed E-state index contributed by atoms with van der Waals surface area (Å²) in [6.07, 6.45) is 5.54. The van der Waals surface area contributed by atoms with Crippen molar-refractivity contribution in [1.29, 1.82) is 0 Å². The normalized spacial score (nSPS) is 24.8. The van der Waals surface area contributed by atoms with Crippen LogP contribution in [0.1, 0.15) is 44.6 Å². The fourth-order valence-electron chi connectivity index (χ4n) is 4.26. The van der Waals surface area contributed by atoms with Crippen molar-refractivity contribution in [3.63, 3.8) is 0 Å². The van der Waals surface area contributed by atoms with Crippen LogP contribution in [-0.2, 0) is 11.2 Å². The van der Waals surface area contributed by atoms with Gasteiger partial charge in [-0.15, -0.1) is 0 Å². The molecule has 4 heteroatoms. The summed E-state index contributed by atoms with van der Waals surface area (Å²) < 4.78 is 0. The van der Waals surface area contributed by atoms with E-state index in [-0.39, 0.29) is 23.3 Å². The number of amides is 1. The fourth-order valence-corrected chi connectivity index (χ4v) is 4.47. The molecule has 1 amide bonds. The quantitative estimate of drug-likeness (QED) is 0.912. The lowest BCUT2D eigenvalue weighted by atomic mass is 9.78. The van der Waals surface area contributed by atoms with Crippen molar-refractivity contribution in [3.8, 4) is 0 Å². The van der Waals surface area contributed by atoms with E-state index in [4.69, 9.17) is 11.6 Å². The van der Waals surface area contributed by atoms with Crippen LogP contribution in [0.5, 0.6) is 0 Å². The average Bonchev–Trinajstić information content (AvgIpc) is 3.16. The number of carbonyl (C=O) groups is 1. The van der Waals surface area contributed by atoms with Gasteiger partial charge in [0.2, 0.25) is 5.91 Å². The Labute approximate surface area is 143 Å². The number of likely N-dealkylation sites (tertiary alicyclic amines) is 1. The molecule has 1 heterocycles. The standard InChI is InChI=1S/C19H26ClNO2/c1-14(22)16-7-10-21(13-16)18(23)19(8-2-3-9-19)12-15-5-4-6-17(20)11-15/h4-6,11,14,16,22H,2-3,7-10,12-13H2,1H3. The van der Waals surface area contributed by atoms with Gasteiger partial charge in [0, 0.05) is 24.0 Å². The van der Waals surface area contributed by atoms with Crippen LogP contribution in [0.2, 0.25) is 5.02 Å². The summed E-state index contributed by atoms with van der Waals surface area (Å²) in [4.78, 5) is 15.2. The molecule has 2 fully saturated rings. The maximum atomic E-state index is 13.2. The van der Waals surface area contributed by atoms with Crippen LogP contribution in [0.15, 0.2) is 24.3 Å². The van der Waals surface area contributed by atoms with Gasteiger partial charge < -0.3 is 10.0 Å². The van der Waals surface area contributed by atoms with E-state index in [1.807, 2.05) is 30.0 Å². The van der Waals surface area contributed by atoms with Gasteiger partial charge in [-0.3, -0.25) is 4.79 Å². The van der Waals surface area contributed by atoms with Gasteiger partial charge in [0.15, 0.2) is 0 Å². The molecule has 1 N–H and O–H groups in total. The predicted molar refractivity (Wildman–Crippen MR) is 92.4 cm³/mol. The number of aliphatic hydroxyl groups is 1. The Morgan fingerprint density at radius 3 is 2.78 bits per heavy atom. The number of nitrogens with zero attached hydrogens (tertiary/aromatic N) is 1. The number of rotatable bonds is 4. The number of halogens is 1. The molecule has 2 unspecified atom stereocenters. The van der Waals surface area contributed by atoms with E-state index in [1.165, 1.54) is 0 Å². The molecule has 1 aromatic rings. The molecule has 0 spiro atoms. The Bertz CT molecular complexity index is 566. The number of carbonyl (C=O) groups excluding carboxylic acids is 1. The second-order valence-corrected chi connectivity index (χ2v) is 7.77. The van der Waals surface area contributed by atoms with Crippen LogP contribution in [0.25, 0.3) is 0 Å². The molecule has 3 rings (SSSR count). The third-order valence-corrected chi connectivity index (χ3v) is 5.88. The average molecular weight is 336 g/mol. The van der Waals surface area contributed by atoms with Gasteiger partial charge in [0.25, 0.3) is 0 Å². The van der Waals surface area contributed by atoms with E-state index in [9.17, 15) is 9.90 Å². The molecular formula is C19H26ClNO2. The van der Waals surface area contributed by atoms with E-state index < -0.39 is 0 Å². The highest BCUT2D eigenvalue weighted by molar-refractivity contribution is 6.30. The van der Waals surface area contributed by atoms with Crippen molar-refractivity contribution >= 4 is 17.5 Å². The molecule has 1 saturated heterocycles. The molecule has 126 valence electrons. The van der Waals surface area contributed by atoms with Crippen LogP contribution < -0.4 is 0 Å². The van der Waals surface area contributed by atoms with Gasteiger partial charge in [-0.25, -0.2) is 0 Å². The van der Waals surface area contributed by atoms with Gasteiger partial charge >= 0.3 is 0 Å². The highest BCUT2D eigenvalue weighted by Gasteiger charge is 2.45. The molecule has 23 heavy (non-hydrogen) atoms. The van der Waals surface area contributed by atoms with E-state index >= 15 is 0 Å². The first-order valence-electron chi connectivity index (χ1n) is 8.72. The summed E-state index contributed by atoms with van der Waals surface area (Å²) in [5.41, 5.74) is 0.886. The van der Waals surface area contributed by atoms with Crippen molar-refractivity contribution in [2.75, 3.05) is 13.1 Å². The van der Waals surface area contributed by atoms with Crippen LogP contribution in [0, 0.1) is 11.3 Å². The van der Waals surface area contributed by atoms with Gasteiger partial charge in [0.05, 0.1) is 11.5 Å². The molecular weight excluding hydrogens is 310 g/mol. The third-order valence-electron chi connectivity index (χ3n) is 5.64. The zero-order valence-corrected chi connectivity index (χ0v) is 14.6. The molecule has 2 atom stereocenters. The van der Waals surface area contributed by atoms with Crippen LogP contribution in [0.3, 0.4) is 0 Å². The van der Waals surface area contributed by atoms with E-state index in [0.29, 0.717) is 6.54 Å². The fraction of sp³-hybridized carbons (Fsp3) is 0.632. The van der Waals surface area contributed by atoms with E-state index in [0.717, 1.165) is 55.7 Å². The highest BCUT2D eigenvalue weighted by Crippen LogP contribution is 2.43. The van der Waals surface area contributed by atoms with Crippen LogP contribution in [0.4, 0.5) is 0 Å². The molecule has 1 saturated carbocycles. The minimum Gasteiger partial charge on any atom is -0.393 e. The third kappa shape index (κ3) is 3.56. The Morgan fingerprint density at radius 1 is 1.43 bits per heavy atom. The predicted octanol–water partition coefficient (Wildman–Crippen LogP) is 3.67. The van der Waals surface area contributed by atoms with Gasteiger partial charge in [-0.05, 0) is 50.3 Å². The lowest BCUT2D eigenvalue weighted by Gasteiger charge is -2.33. The second-order valence-electron chi connectivity index (χ2n) is 7.33. The molecule has 2 aliphatic rings. The zero-order chi connectivity index (χ0) is 16.4. The Balaban J connectivity index is 1.77.